The van der Waals surface area contributed by atoms with E-state index >= 15 is 0 Å². The number of hydrogen-bond acceptors (Lipinski definition) is 5. The van der Waals surface area contributed by atoms with Crippen molar-refractivity contribution in [1.29, 1.82) is 0 Å². The van der Waals surface area contributed by atoms with Crippen LogP contribution in [0.5, 0.6) is 0 Å². The van der Waals surface area contributed by atoms with Gasteiger partial charge in [0, 0.05) is 35.5 Å². The van der Waals surface area contributed by atoms with E-state index in [1.54, 1.807) is 0 Å². The van der Waals surface area contributed by atoms with E-state index in [-0.39, 0.29) is 0 Å². The van der Waals surface area contributed by atoms with Crippen molar-refractivity contribution in [2.45, 2.75) is 6.92 Å². The lowest BCUT2D eigenvalue weighted by molar-refractivity contribution is 0.109. The van der Waals surface area contributed by atoms with Gasteiger partial charge in [0.1, 0.15) is 0 Å². The summed E-state index contributed by atoms with van der Waals surface area (Å²) in [6, 6.07) is 36.0. The zero-order valence-corrected chi connectivity index (χ0v) is 20.9. The monoisotopic (exact) mass is 480 g/mol. The van der Waals surface area contributed by atoms with Crippen molar-refractivity contribution in [3.8, 4) is 0 Å². The van der Waals surface area contributed by atoms with Crippen LogP contribution >= 0.6 is 0 Å². The van der Waals surface area contributed by atoms with Gasteiger partial charge in [-0.3, -0.25) is 0 Å². The zero-order valence-electron chi connectivity index (χ0n) is 20.9. The summed E-state index contributed by atoms with van der Waals surface area (Å²) in [6.45, 7) is 5.86. The molecule has 0 amide bonds. The Hall–Kier alpha value is -4.06. The first kappa shape index (κ1) is 26.5. The van der Waals surface area contributed by atoms with Crippen LogP contribution in [0.1, 0.15) is 5.56 Å². The molecule has 5 heteroatoms. The fourth-order valence-electron chi connectivity index (χ4n) is 3.64. The third-order valence-electron chi connectivity index (χ3n) is 5.49. The van der Waals surface area contributed by atoms with Gasteiger partial charge in [-0.25, -0.2) is 0 Å². The molecule has 0 saturated carbocycles. The second kappa shape index (κ2) is 14.4. The molecule has 186 valence electrons. The van der Waals surface area contributed by atoms with E-state index < -0.39 is 0 Å². The van der Waals surface area contributed by atoms with Crippen molar-refractivity contribution in [3.05, 3.63) is 115 Å². The lowest BCUT2D eigenvalue weighted by Gasteiger charge is -2.10. The molecule has 5 nitrogen and oxygen atoms in total. The van der Waals surface area contributed by atoms with Crippen LogP contribution in [0.3, 0.4) is 0 Å². The van der Waals surface area contributed by atoms with Crippen molar-refractivity contribution < 1.29 is 4.74 Å². The molecular weight excluding hydrogens is 444 g/mol. The number of anilines is 3. The Balaban J connectivity index is 0.000000137. The molecule has 1 aliphatic rings. The van der Waals surface area contributed by atoms with E-state index in [1.165, 1.54) is 21.7 Å². The van der Waals surface area contributed by atoms with Crippen LogP contribution in [0, 0.1) is 6.92 Å². The van der Waals surface area contributed by atoms with Crippen molar-refractivity contribution in [3.63, 3.8) is 0 Å². The fourth-order valence-corrected chi connectivity index (χ4v) is 3.64. The normalized spacial score (nSPS) is 12.2. The number of ether oxygens (including phenoxy) is 1. The third kappa shape index (κ3) is 8.95. The van der Waals surface area contributed by atoms with Crippen LogP contribution in [0.25, 0.3) is 21.5 Å². The molecule has 6 rings (SSSR count). The van der Waals surface area contributed by atoms with Crippen LogP contribution in [-0.2, 0) is 4.74 Å². The van der Waals surface area contributed by atoms with E-state index in [4.69, 9.17) is 21.9 Å². The second-order valence-electron chi connectivity index (χ2n) is 8.45. The number of benzene rings is 5. The van der Waals surface area contributed by atoms with E-state index in [1.807, 2.05) is 91.9 Å². The first-order valence-corrected chi connectivity index (χ1v) is 12.1. The predicted octanol–water partition coefficient (Wildman–Crippen LogP) is 6.03. The first-order chi connectivity index (χ1) is 17.5. The number of rotatable bonds is 0. The molecule has 5 aromatic rings. The maximum absolute atomic E-state index is 5.76. The van der Waals surface area contributed by atoms with Gasteiger partial charge < -0.3 is 27.3 Å². The van der Waals surface area contributed by atoms with Crippen LogP contribution in [0.4, 0.5) is 17.1 Å². The SMILES string of the molecule is C1COCCN1.Cc1cccc(N)c1.Nc1ccc2ccccc2c1.Nc1cccc2ccccc12. The summed E-state index contributed by atoms with van der Waals surface area (Å²) in [6.07, 6.45) is 0. The minimum absolute atomic E-state index is 0.823. The number of morpholine rings is 1. The fraction of sp³-hybridized carbons (Fsp3) is 0.161. The van der Waals surface area contributed by atoms with Gasteiger partial charge in [0.2, 0.25) is 0 Å². The molecule has 0 unspecified atom stereocenters. The summed E-state index contributed by atoms with van der Waals surface area (Å²) in [7, 11) is 0. The quantitative estimate of drug-likeness (QED) is 0.203. The van der Waals surface area contributed by atoms with Crippen LogP contribution in [0.15, 0.2) is 109 Å². The van der Waals surface area contributed by atoms with Gasteiger partial charge in [-0.1, -0.05) is 78.9 Å². The summed E-state index contributed by atoms with van der Waals surface area (Å²) < 4.78 is 5.01. The third-order valence-corrected chi connectivity index (χ3v) is 5.49. The largest absolute Gasteiger partial charge is 0.399 e. The average Bonchev–Trinajstić information content (AvgIpc) is 2.91. The first-order valence-electron chi connectivity index (χ1n) is 12.1. The molecule has 0 bridgehead atoms. The van der Waals surface area contributed by atoms with Crippen molar-refractivity contribution in [1.82, 2.24) is 5.32 Å². The van der Waals surface area contributed by atoms with Gasteiger partial charge in [-0.05, 0) is 59.0 Å². The topological polar surface area (TPSA) is 99.3 Å². The summed E-state index contributed by atoms with van der Waals surface area (Å²) >= 11 is 0. The van der Waals surface area contributed by atoms with E-state index in [0.717, 1.165) is 48.8 Å². The van der Waals surface area contributed by atoms with Gasteiger partial charge >= 0.3 is 0 Å². The molecule has 7 N–H and O–H groups in total. The highest BCUT2D eigenvalue weighted by atomic mass is 16.5. The van der Waals surface area contributed by atoms with Gasteiger partial charge in [-0.15, -0.1) is 0 Å². The Bertz CT molecular complexity index is 1310. The molecule has 5 aromatic carbocycles. The van der Waals surface area contributed by atoms with Crippen molar-refractivity contribution in [2.75, 3.05) is 43.5 Å². The molecule has 0 atom stereocenters. The Morgan fingerprint density at radius 2 is 1.19 bits per heavy atom. The minimum atomic E-state index is 0.823. The van der Waals surface area contributed by atoms with Crippen LogP contribution in [-0.4, -0.2) is 26.3 Å². The van der Waals surface area contributed by atoms with E-state index in [2.05, 4.69) is 29.6 Å². The van der Waals surface area contributed by atoms with Gasteiger partial charge in [0.05, 0.1) is 13.2 Å². The van der Waals surface area contributed by atoms with Crippen molar-refractivity contribution in [2.24, 2.45) is 0 Å². The summed E-state index contributed by atoms with van der Waals surface area (Å²) in [4.78, 5) is 0. The van der Waals surface area contributed by atoms with Gasteiger partial charge in [0.15, 0.2) is 0 Å². The smallest absolute Gasteiger partial charge is 0.0591 e. The average molecular weight is 481 g/mol. The maximum Gasteiger partial charge on any atom is 0.0591 e. The van der Waals surface area contributed by atoms with Gasteiger partial charge in [0.25, 0.3) is 0 Å². The summed E-state index contributed by atoms with van der Waals surface area (Å²) in [5.41, 5.74) is 20.6. The number of nitrogen functional groups attached to an aromatic ring is 3. The minimum Gasteiger partial charge on any atom is -0.399 e. The molecule has 1 saturated heterocycles. The molecule has 36 heavy (non-hydrogen) atoms. The summed E-state index contributed by atoms with van der Waals surface area (Å²) in [5.74, 6) is 0. The lowest BCUT2D eigenvalue weighted by Crippen LogP contribution is -2.30. The molecule has 1 aliphatic heterocycles. The molecule has 0 aliphatic carbocycles. The Morgan fingerprint density at radius 3 is 1.78 bits per heavy atom. The predicted molar refractivity (Wildman–Crippen MR) is 156 cm³/mol. The van der Waals surface area contributed by atoms with E-state index in [9.17, 15) is 0 Å². The van der Waals surface area contributed by atoms with E-state index in [0.29, 0.717) is 0 Å². The van der Waals surface area contributed by atoms with Crippen molar-refractivity contribution >= 4 is 38.6 Å². The lowest BCUT2D eigenvalue weighted by atomic mass is 10.1. The highest BCUT2D eigenvalue weighted by Gasteiger charge is 1.94. The number of aryl methyl sites for hydroxylation is 1. The molecule has 0 spiro atoms. The molecular formula is C31H36N4O. The summed E-state index contributed by atoms with van der Waals surface area (Å²) in [5, 5.41) is 7.93. The number of nitrogens with one attached hydrogen (secondary N) is 1. The molecule has 1 fully saturated rings. The second-order valence-corrected chi connectivity index (χ2v) is 8.45. The highest BCUT2D eigenvalue weighted by molar-refractivity contribution is 5.92. The molecule has 1 heterocycles. The van der Waals surface area contributed by atoms with Crippen LogP contribution < -0.4 is 22.5 Å². The van der Waals surface area contributed by atoms with Crippen LogP contribution in [0.2, 0.25) is 0 Å². The molecule has 0 radical (unpaired) electrons. The Labute approximate surface area is 213 Å². The Morgan fingerprint density at radius 1 is 0.583 bits per heavy atom. The Kier molecular flexibility index (Phi) is 10.6. The highest BCUT2D eigenvalue weighted by Crippen LogP contribution is 2.19. The maximum atomic E-state index is 5.76. The standard InChI is InChI=1S/2C10H9N.C7H9N.C4H9NO/c11-10-7-3-5-8-4-1-2-6-9(8)10;11-10-6-5-8-3-1-2-4-9(8)7-10;1-6-3-2-4-7(8)5-6;1-3-6-4-2-5-1/h2*1-7H,11H2;2-5H,8H2,1H3;5H,1-4H2. The van der Waals surface area contributed by atoms with Gasteiger partial charge in [-0.2, -0.15) is 0 Å². The number of hydrogen-bond donors (Lipinski definition) is 4. The zero-order chi connectivity index (χ0) is 25.6. The number of nitrogens with two attached hydrogens (primary N) is 3. The number of fused-ring (bicyclic) bond motifs is 2. The molecule has 0 aromatic heterocycles.